The first-order chi connectivity index (χ1) is 10.7. The Morgan fingerprint density at radius 2 is 1.68 bits per heavy atom. The molecule has 0 fully saturated rings. The molecular formula is C18H12Cl2NO. The van der Waals surface area contributed by atoms with E-state index < -0.39 is 0 Å². The predicted molar refractivity (Wildman–Crippen MR) is 89.3 cm³/mol. The smallest absolute Gasteiger partial charge is 0.130 e. The number of aromatic nitrogens is 1. The topological polar surface area (TPSA) is 22.1 Å². The van der Waals surface area contributed by atoms with Crippen LogP contribution in [0, 0.1) is 6.07 Å². The van der Waals surface area contributed by atoms with E-state index >= 15 is 0 Å². The quantitative estimate of drug-likeness (QED) is 0.636. The van der Waals surface area contributed by atoms with Crippen LogP contribution in [0.15, 0.2) is 60.8 Å². The third kappa shape index (κ3) is 3.41. The zero-order chi connectivity index (χ0) is 15.4. The molecule has 0 saturated carbocycles. The minimum Gasteiger partial charge on any atom is -0.487 e. The summed E-state index contributed by atoms with van der Waals surface area (Å²) in [6.07, 6.45) is 1.75. The molecule has 1 aromatic heterocycles. The summed E-state index contributed by atoms with van der Waals surface area (Å²) in [5.41, 5.74) is 2.63. The summed E-state index contributed by atoms with van der Waals surface area (Å²) in [6.45, 7) is 0.433. The first kappa shape index (κ1) is 14.9. The monoisotopic (exact) mass is 328 g/mol. The number of nitrogens with zero attached hydrogens (tertiary/aromatic N) is 1. The molecule has 0 unspecified atom stereocenters. The average Bonchev–Trinajstić information content (AvgIpc) is 2.55. The Morgan fingerprint density at radius 1 is 0.955 bits per heavy atom. The molecule has 1 heterocycles. The Balaban J connectivity index is 1.76. The van der Waals surface area contributed by atoms with E-state index in [2.05, 4.69) is 11.1 Å². The van der Waals surface area contributed by atoms with Gasteiger partial charge in [0.05, 0.1) is 15.7 Å². The van der Waals surface area contributed by atoms with Crippen LogP contribution in [0.3, 0.4) is 0 Å². The maximum Gasteiger partial charge on any atom is 0.130 e. The third-order valence-electron chi connectivity index (χ3n) is 3.15. The Morgan fingerprint density at radius 3 is 2.32 bits per heavy atom. The first-order valence-corrected chi connectivity index (χ1v) is 7.48. The highest BCUT2D eigenvalue weighted by Gasteiger charge is 2.08. The molecule has 0 saturated heterocycles. The number of hydrogen-bond acceptors (Lipinski definition) is 2. The highest BCUT2D eigenvalue weighted by Crippen LogP contribution is 2.35. The van der Waals surface area contributed by atoms with Crippen molar-refractivity contribution < 1.29 is 4.74 Å². The molecule has 0 aliphatic rings. The van der Waals surface area contributed by atoms with E-state index in [-0.39, 0.29) is 0 Å². The Bertz CT molecular complexity index is 738. The van der Waals surface area contributed by atoms with Crippen LogP contribution in [0.2, 0.25) is 10.0 Å². The molecule has 0 atom stereocenters. The number of rotatable bonds is 4. The van der Waals surface area contributed by atoms with Gasteiger partial charge in [-0.15, -0.1) is 0 Å². The summed E-state index contributed by atoms with van der Waals surface area (Å²) in [7, 11) is 0. The van der Waals surface area contributed by atoms with Crippen molar-refractivity contribution in [2.24, 2.45) is 0 Å². The second kappa shape index (κ2) is 6.82. The summed E-state index contributed by atoms with van der Waals surface area (Å²) in [4.78, 5) is 4.22. The third-order valence-corrected chi connectivity index (χ3v) is 3.75. The summed E-state index contributed by atoms with van der Waals surface area (Å²) >= 11 is 12.4. The number of halogens is 2. The highest BCUT2D eigenvalue weighted by atomic mass is 35.5. The molecule has 0 aliphatic carbocycles. The Labute approximate surface area is 139 Å². The molecule has 0 amide bonds. The van der Waals surface area contributed by atoms with E-state index in [9.17, 15) is 0 Å². The van der Waals surface area contributed by atoms with Crippen LogP contribution in [-0.2, 0) is 6.61 Å². The first-order valence-electron chi connectivity index (χ1n) is 6.72. The molecule has 3 rings (SSSR count). The van der Waals surface area contributed by atoms with Gasteiger partial charge in [-0.2, -0.15) is 0 Å². The van der Waals surface area contributed by atoms with Gasteiger partial charge in [0.1, 0.15) is 12.4 Å². The molecule has 2 aromatic carbocycles. The molecule has 0 spiro atoms. The minimum atomic E-state index is 0.433. The second-order valence-corrected chi connectivity index (χ2v) is 5.47. The lowest BCUT2D eigenvalue weighted by atomic mass is 10.1. The van der Waals surface area contributed by atoms with E-state index in [1.54, 1.807) is 18.3 Å². The number of ether oxygens (including phenoxy) is 1. The molecule has 22 heavy (non-hydrogen) atoms. The van der Waals surface area contributed by atoms with E-state index in [0.29, 0.717) is 16.7 Å². The second-order valence-electron chi connectivity index (χ2n) is 4.66. The Hall–Kier alpha value is -2.03. The van der Waals surface area contributed by atoms with Gasteiger partial charge in [0, 0.05) is 11.8 Å². The van der Waals surface area contributed by atoms with Crippen molar-refractivity contribution >= 4 is 23.2 Å². The van der Waals surface area contributed by atoms with Gasteiger partial charge in [-0.3, -0.25) is 4.98 Å². The summed E-state index contributed by atoms with van der Waals surface area (Å²) in [5, 5.41) is 1.16. The van der Waals surface area contributed by atoms with Crippen molar-refractivity contribution in [1.29, 1.82) is 0 Å². The van der Waals surface area contributed by atoms with Crippen molar-refractivity contribution in [3.05, 3.63) is 82.6 Å². The molecule has 4 heteroatoms. The zero-order valence-corrected chi connectivity index (χ0v) is 13.1. The summed E-state index contributed by atoms with van der Waals surface area (Å²) < 4.78 is 5.71. The lowest BCUT2D eigenvalue weighted by Crippen LogP contribution is -1.97. The van der Waals surface area contributed by atoms with Crippen molar-refractivity contribution in [2.75, 3.05) is 0 Å². The van der Waals surface area contributed by atoms with Crippen molar-refractivity contribution in [2.45, 2.75) is 6.61 Å². The lowest BCUT2D eigenvalue weighted by molar-refractivity contribution is 0.301. The van der Waals surface area contributed by atoms with E-state index in [4.69, 9.17) is 27.9 Å². The Kier molecular flexibility index (Phi) is 4.62. The fourth-order valence-corrected chi connectivity index (χ4v) is 2.68. The van der Waals surface area contributed by atoms with Gasteiger partial charge in [0.15, 0.2) is 0 Å². The maximum absolute atomic E-state index is 6.19. The van der Waals surface area contributed by atoms with Gasteiger partial charge in [-0.05, 0) is 48.0 Å². The van der Waals surface area contributed by atoms with Crippen LogP contribution in [-0.4, -0.2) is 4.98 Å². The summed E-state index contributed by atoms with van der Waals surface area (Å²) in [6, 6.07) is 19.7. The lowest BCUT2D eigenvalue weighted by Gasteiger charge is -2.09. The van der Waals surface area contributed by atoms with Gasteiger partial charge < -0.3 is 4.74 Å². The average molecular weight is 329 g/mol. The standard InChI is InChI=1S/C18H12Cl2NO/c19-16-5-3-6-17(20)18(16)13-7-9-15(10-8-13)22-12-14-4-1-2-11-21-14/h1-2,4-11H,12H2. The molecule has 1 radical (unpaired) electrons. The van der Waals surface area contributed by atoms with Crippen LogP contribution in [0.25, 0.3) is 11.1 Å². The predicted octanol–water partition coefficient (Wildman–Crippen LogP) is 5.43. The summed E-state index contributed by atoms with van der Waals surface area (Å²) in [5.74, 6) is 0.768. The SMILES string of the molecule is Clc1c[c]cc(Cl)c1-c1ccc(OCc2ccccn2)cc1. The highest BCUT2D eigenvalue weighted by molar-refractivity contribution is 6.39. The maximum atomic E-state index is 6.19. The number of hydrogen-bond donors (Lipinski definition) is 0. The zero-order valence-electron chi connectivity index (χ0n) is 11.6. The van der Waals surface area contributed by atoms with E-state index in [0.717, 1.165) is 22.6 Å². The normalized spacial score (nSPS) is 10.5. The molecule has 3 aromatic rings. The fraction of sp³-hybridized carbons (Fsp3) is 0.0556. The van der Waals surface area contributed by atoms with Crippen molar-refractivity contribution in [3.63, 3.8) is 0 Å². The van der Waals surface area contributed by atoms with Gasteiger partial charge >= 0.3 is 0 Å². The molecule has 0 N–H and O–H groups in total. The van der Waals surface area contributed by atoms with Crippen molar-refractivity contribution in [3.8, 4) is 16.9 Å². The van der Waals surface area contributed by atoms with Gasteiger partial charge in [-0.1, -0.05) is 41.4 Å². The van der Waals surface area contributed by atoms with Crippen LogP contribution < -0.4 is 4.74 Å². The van der Waals surface area contributed by atoms with Crippen LogP contribution in [0.5, 0.6) is 5.75 Å². The van der Waals surface area contributed by atoms with Gasteiger partial charge in [-0.25, -0.2) is 0 Å². The molecule has 109 valence electrons. The number of benzene rings is 2. The molecule has 2 nitrogen and oxygen atoms in total. The molecular weight excluding hydrogens is 317 g/mol. The van der Waals surface area contributed by atoms with E-state index in [1.807, 2.05) is 42.5 Å². The molecule has 0 bridgehead atoms. The van der Waals surface area contributed by atoms with Crippen LogP contribution >= 0.6 is 23.2 Å². The van der Waals surface area contributed by atoms with Crippen molar-refractivity contribution in [1.82, 2.24) is 4.98 Å². The minimum absolute atomic E-state index is 0.433. The van der Waals surface area contributed by atoms with E-state index in [1.165, 1.54) is 0 Å². The molecule has 0 aliphatic heterocycles. The van der Waals surface area contributed by atoms with Crippen LogP contribution in [0.4, 0.5) is 0 Å². The van der Waals surface area contributed by atoms with Gasteiger partial charge in [0.25, 0.3) is 0 Å². The van der Waals surface area contributed by atoms with Crippen LogP contribution in [0.1, 0.15) is 5.69 Å². The van der Waals surface area contributed by atoms with Gasteiger partial charge in [0.2, 0.25) is 0 Å². The number of pyridine rings is 1. The largest absolute Gasteiger partial charge is 0.487 e. The fourth-order valence-electron chi connectivity index (χ4n) is 2.08.